The molecular formula is C12H17NO. The number of nitrogens with one attached hydrogen (secondary N) is 1. The summed E-state index contributed by atoms with van der Waals surface area (Å²) in [5.41, 5.74) is 2.54. The van der Waals surface area contributed by atoms with Crippen LogP contribution in [0.4, 0.5) is 0 Å². The van der Waals surface area contributed by atoms with E-state index < -0.39 is 0 Å². The number of hydrogen-bond acceptors (Lipinski definition) is 2. The van der Waals surface area contributed by atoms with Crippen LogP contribution in [0.3, 0.4) is 0 Å². The molecule has 1 aliphatic heterocycles. The molecule has 2 atom stereocenters. The number of hydrogen-bond donors (Lipinski definition) is 1. The summed E-state index contributed by atoms with van der Waals surface area (Å²) in [6, 6.07) is 6.71. The second kappa shape index (κ2) is 3.62. The molecule has 0 aromatic heterocycles. The molecule has 1 heterocycles. The maximum Gasteiger partial charge on any atom is 0.127 e. The minimum Gasteiger partial charge on any atom is -0.488 e. The number of likely N-dealkylation sites (N-methyl/N-ethyl adjacent to an activating group) is 1. The summed E-state index contributed by atoms with van der Waals surface area (Å²) >= 11 is 0. The van der Waals surface area contributed by atoms with E-state index >= 15 is 0 Å². The lowest BCUT2D eigenvalue weighted by molar-refractivity contribution is 0.188. The SMILES string of the molecule is CCC1Oc2c(C)cccc2C1NC. The van der Waals surface area contributed by atoms with Crippen LogP contribution in [0.1, 0.15) is 30.5 Å². The largest absolute Gasteiger partial charge is 0.488 e. The first-order valence-electron chi connectivity index (χ1n) is 5.21. The molecule has 1 aromatic carbocycles. The highest BCUT2D eigenvalue weighted by Gasteiger charge is 2.32. The number of benzene rings is 1. The van der Waals surface area contributed by atoms with Gasteiger partial charge in [0, 0.05) is 5.56 Å². The van der Waals surface area contributed by atoms with Gasteiger partial charge in [0.2, 0.25) is 0 Å². The molecule has 0 saturated carbocycles. The average Bonchev–Trinajstić information content (AvgIpc) is 2.57. The molecule has 76 valence electrons. The predicted molar refractivity (Wildman–Crippen MR) is 57.7 cm³/mol. The second-order valence-electron chi connectivity index (χ2n) is 3.82. The molecule has 14 heavy (non-hydrogen) atoms. The lowest BCUT2D eigenvalue weighted by Gasteiger charge is -2.16. The molecular weight excluding hydrogens is 174 g/mol. The predicted octanol–water partition coefficient (Wildman–Crippen LogP) is 2.43. The van der Waals surface area contributed by atoms with Crippen LogP contribution < -0.4 is 10.1 Å². The van der Waals surface area contributed by atoms with Crippen molar-refractivity contribution >= 4 is 0 Å². The summed E-state index contributed by atoms with van der Waals surface area (Å²) < 4.78 is 5.93. The quantitative estimate of drug-likeness (QED) is 0.775. The van der Waals surface area contributed by atoms with E-state index in [1.54, 1.807) is 0 Å². The van der Waals surface area contributed by atoms with Crippen molar-refractivity contribution in [3.8, 4) is 5.75 Å². The minimum atomic E-state index is 0.288. The van der Waals surface area contributed by atoms with E-state index in [1.165, 1.54) is 11.1 Å². The lowest BCUT2D eigenvalue weighted by atomic mass is 10.0. The molecule has 1 aliphatic rings. The molecule has 0 spiro atoms. The Morgan fingerprint density at radius 3 is 2.86 bits per heavy atom. The second-order valence-corrected chi connectivity index (χ2v) is 3.82. The van der Waals surface area contributed by atoms with Crippen molar-refractivity contribution in [3.63, 3.8) is 0 Å². The summed E-state index contributed by atoms with van der Waals surface area (Å²) in [7, 11) is 1.99. The third kappa shape index (κ3) is 1.30. The van der Waals surface area contributed by atoms with Crippen LogP contribution in [0.5, 0.6) is 5.75 Å². The summed E-state index contributed by atoms with van der Waals surface area (Å²) in [4.78, 5) is 0. The molecule has 1 aromatic rings. The number of ether oxygens (including phenoxy) is 1. The highest BCUT2D eigenvalue weighted by Crippen LogP contribution is 2.39. The standard InChI is InChI=1S/C12H17NO/c1-4-10-11(13-3)9-7-5-6-8(2)12(9)14-10/h5-7,10-11,13H,4H2,1-3H3. The molecule has 0 amide bonds. The van der Waals surface area contributed by atoms with E-state index in [0.717, 1.165) is 12.2 Å². The van der Waals surface area contributed by atoms with Crippen LogP contribution in [0, 0.1) is 6.92 Å². The first-order valence-corrected chi connectivity index (χ1v) is 5.21. The van der Waals surface area contributed by atoms with Gasteiger partial charge in [-0.2, -0.15) is 0 Å². The van der Waals surface area contributed by atoms with Crippen molar-refractivity contribution in [3.05, 3.63) is 29.3 Å². The van der Waals surface area contributed by atoms with Crippen LogP contribution in [-0.4, -0.2) is 13.2 Å². The monoisotopic (exact) mass is 191 g/mol. The lowest BCUT2D eigenvalue weighted by Crippen LogP contribution is -2.27. The Balaban J connectivity index is 2.42. The molecule has 2 nitrogen and oxygen atoms in total. The molecule has 2 heteroatoms. The van der Waals surface area contributed by atoms with Gasteiger partial charge in [-0.1, -0.05) is 25.1 Å². The van der Waals surface area contributed by atoms with Crippen molar-refractivity contribution in [1.82, 2.24) is 5.32 Å². The first-order chi connectivity index (χ1) is 6.77. The van der Waals surface area contributed by atoms with E-state index in [-0.39, 0.29) is 6.10 Å². The van der Waals surface area contributed by atoms with Crippen molar-refractivity contribution in [2.75, 3.05) is 7.05 Å². The molecule has 0 aliphatic carbocycles. The Morgan fingerprint density at radius 1 is 1.43 bits per heavy atom. The Morgan fingerprint density at radius 2 is 2.21 bits per heavy atom. The molecule has 0 saturated heterocycles. The third-order valence-electron chi connectivity index (χ3n) is 2.93. The van der Waals surface area contributed by atoms with Gasteiger partial charge >= 0.3 is 0 Å². The maximum atomic E-state index is 5.93. The zero-order valence-electron chi connectivity index (χ0n) is 9.00. The van der Waals surface area contributed by atoms with Gasteiger partial charge in [0.25, 0.3) is 0 Å². The molecule has 2 rings (SSSR count). The van der Waals surface area contributed by atoms with Gasteiger partial charge < -0.3 is 10.1 Å². The average molecular weight is 191 g/mol. The van der Waals surface area contributed by atoms with Gasteiger partial charge in [0.1, 0.15) is 11.9 Å². The highest BCUT2D eigenvalue weighted by molar-refractivity contribution is 5.46. The van der Waals surface area contributed by atoms with E-state index in [0.29, 0.717) is 6.04 Å². The zero-order valence-corrected chi connectivity index (χ0v) is 9.00. The summed E-state index contributed by atoms with van der Waals surface area (Å²) in [6.45, 7) is 4.26. The van der Waals surface area contributed by atoms with Crippen LogP contribution in [0.15, 0.2) is 18.2 Å². The first kappa shape index (κ1) is 9.53. The van der Waals surface area contributed by atoms with Gasteiger partial charge in [0.05, 0.1) is 6.04 Å². The fraction of sp³-hybridized carbons (Fsp3) is 0.500. The van der Waals surface area contributed by atoms with Crippen LogP contribution in [0.25, 0.3) is 0 Å². The fourth-order valence-corrected chi connectivity index (χ4v) is 2.16. The van der Waals surface area contributed by atoms with Crippen LogP contribution >= 0.6 is 0 Å². The van der Waals surface area contributed by atoms with E-state index in [2.05, 4.69) is 37.4 Å². The Kier molecular flexibility index (Phi) is 2.46. The molecule has 2 unspecified atom stereocenters. The summed E-state index contributed by atoms with van der Waals surface area (Å²) in [6.07, 6.45) is 1.33. The number of rotatable bonds is 2. The smallest absolute Gasteiger partial charge is 0.127 e. The normalized spacial score (nSPS) is 24.5. The Bertz CT molecular complexity index is 335. The van der Waals surface area contributed by atoms with Crippen molar-refractivity contribution in [1.29, 1.82) is 0 Å². The van der Waals surface area contributed by atoms with Crippen molar-refractivity contribution in [2.45, 2.75) is 32.4 Å². The van der Waals surface area contributed by atoms with Gasteiger partial charge in [-0.15, -0.1) is 0 Å². The Hall–Kier alpha value is -1.02. The third-order valence-corrected chi connectivity index (χ3v) is 2.93. The molecule has 0 bridgehead atoms. The van der Waals surface area contributed by atoms with Gasteiger partial charge in [-0.05, 0) is 26.0 Å². The fourth-order valence-electron chi connectivity index (χ4n) is 2.16. The van der Waals surface area contributed by atoms with E-state index in [4.69, 9.17) is 4.74 Å². The van der Waals surface area contributed by atoms with Crippen molar-refractivity contribution in [2.24, 2.45) is 0 Å². The minimum absolute atomic E-state index is 0.288. The van der Waals surface area contributed by atoms with Crippen LogP contribution in [0.2, 0.25) is 0 Å². The highest BCUT2D eigenvalue weighted by atomic mass is 16.5. The van der Waals surface area contributed by atoms with Gasteiger partial charge in [-0.25, -0.2) is 0 Å². The number of fused-ring (bicyclic) bond motifs is 1. The number of aryl methyl sites for hydroxylation is 1. The molecule has 0 fully saturated rings. The van der Waals surface area contributed by atoms with E-state index in [9.17, 15) is 0 Å². The summed E-state index contributed by atoms with van der Waals surface area (Å²) in [5, 5.41) is 3.32. The Labute approximate surface area is 85.3 Å². The summed E-state index contributed by atoms with van der Waals surface area (Å²) in [5.74, 6) is 1.08. The van der Waals surface area contributed by atoms with Crippen LogP contribution in [-0.2, 0) is 0 Å². The number of para-hydroxylation sites is 1. The molecule has 0 radical (unpaired) electrons. The zero-order chi connectivity index (χ0) is 10.1. The van der Waals surface area contributed by atoms with Gasteiger partial charge in [0.15, 0.2) is 0 Å². The van der Waals surface area contributed by atoms with Gasteiger partial charge in [-0.3, -0.25) is 0 Å². The maximum absolute atomic E-state index is 5.93. The van der Waals surface area contributed by atoms with E-state index in [1.807, 2.05) is 7.05 Å². The topological polar surface area (TPSA) is 21.3 Å². The van der Waals surface area contributed by atoms with Crippen molar-refractivity contribution < 1.29 is 4.74 Å². The molecule has 1 N–H and O–H groups in total.